The molecule has 3 atom stereocenters. The Bertz CT molecular complexity index is 115. The van der Waals surface area contributed by atoms with Crippen molar-refractivity contribution in [3.63, 3.8) is 0 Å². The molecule has 2 heteroatoms. The van der Waals surface area contributed by atoms with Crippen LogP contribution < -0.4 is 5.73 Å². The van der Waals surface area contributed by atoms with Gasteiger partial charge in [-0.05, 0) is 31.1 Å². The quantitative estimate of drug-likeness (QED) is 0.661. The van der Waals surface area contributed by atoms with Gasteiger partial charge in [-0.3, -0.25) is 0 Å². The Morgan fingerprint density at radius 1 is 1.15 bits per heavy atom. The lowest BCUT2D eigenvalue weighted by atomic mass is 9.78. The SMILES string of the molecule is CC.CC(C)C1CC(N)CC(O)C1. The van der Waals surface area contributed by atoms with Crippen molar-refractivity contribution in [2.24, 2.45) is 17.6 Å². The predicted molar refractivity (Wildman–Crippen MR) is 57.5 cm³/mol. The summed E-state index contributed by atoms with van der Waals surface area (Å²) in [5.41, 5.74) is 5.79. The van der Waals surface area contributed by atoms with Crippen molar-refractivity contribution in [1.29, 1.82) is 0 Å². The largest absolute Gasteiger partial charge is 0.393 e. The van der Waals surface area contributed by atoms with E-state index in [1.807, 2.05) is 13.8 Å². The Labute approximate surface area is 82.5 Å². The van der Waals surface area contributed by atoms with Gasteiger partial charge in [0, 0.05) is 6.04 Å². The highest BCUT2D eigenvalue weighted by atomic mass is 16.3. The fourth-order valence-electron chi connectivity index (χ4n) is 1.92. The highest BCUT2D eigenvalue weighted by Crippen LogP contribution is 2.29. The van der Waals surface area contributed by atoms with Crippen LogP contribution in [-0.4, -0.2) is 17.3 Å². The molecule has 0 aromatic heterocycles. The highest BCUT2D eigenvalue weighted by Gasteiger charge is 2.26. The smallest absolute Gasteiger partial charge is 0.0557 e. The van der Waals surface area contributed by atoms with E-state index in [1.165, 1.54) is 0 Å². The Morgan fingerprint density at radius 2 is 1.69 bits per heavy atom. The maximum atomic E-state index is 9.42. The molecule has 3 N–H and O–H groups in total. The highest BCUT2D eigenvalue weighted by molar-refractivity contribution is 4.81. The maximum absolute atomic E-state index is 9.42. The van der Waals surface area contributed by atoms with Crippen molar-refractivity contribution in [2.45, 2.75) is 59.1 Å². The first-order valence-electron chi connectivity index (χ1n) is 5.53. The van der Waals surface area contributed by atoms with Crippen molar-refractivity contribution >= 4 is 0 Å². The van der Waals surface area contributed by atoms with Crippen LogP contribution in [0.25, 0.3) is 0 Å². The molecule has 0 aliphatic heterocycles. The summed E-state index contributed by atoms with van der Waals surface area (Å²) in [4.78, 5) is 0. The lowest BCUT2D eigenvalue weighted by Crippen LogP contribution is -2.37. The van der Waals surface area contributed by atoms with Crippen molar-refractivity contribution in [1.82, 2.24) is 0 Å². The Hall–Kier alpha value is -0.0800. The Balaban J connectivity index is 0.000000671. The van der Waals surface area contributed by atoms with Crippen LogP contribution in [0.15, 0.2) is 0 Å². The number of aliphatic hydroxyl groups excluding tert-OH is 1. The zero-order valence-electron chi connectivity index (χ0n) is 9.46. The number of hydrogen-bond donors (Lipinski definition) is 2. The van der Waals surface area contributed by atoms with Gasteiger partial charge in [0.1, 0.15) is 0 Å². The van der Waals surface area contributed by atoms with Crippen molar-refractivity contribution in [3.05, 3.63) is 0 Å². The zero-order chi connectivity index (χ0) is 10.4. The summed E-state index contributed by atoms with van der Waals surface area (Å²) in [7, 11) is 0. The van der Waals surface area contributed by atoms with Crippen molar-refractivity contribution in [2.75, 3.05) is 0 Å². The van der Waals surface area contributed by atoms with Crippen LogP contribution in [0.4, 0.5) is 0 Å². The summed E-state index contributed by atoms with van der Waals surface area (Å²) in [5, 5.41) is 9.42. The van der Waals surface area contributed by atoms with Gasteiger partial charge in [0.25, 0.3) is 0 Å². The van der Waals surface area contributed by atoms with E-state index in [9.17, 15) is 5.11 Å². The zero-order valence-corrected chi connectivity index (χ0v) is 9.46. The molecule has 13 heavy (non-hydrogen) atoms. The molecular weight excluding hydrogens is 162 g/mol. The van der Waals surface area contributed by atoms with Gasteiger partial charge in [0.2, 0.25) is 0 Å². The van der Waals surface area contributed by atoms with Gasteiger partial charge in [-0.2, -0.15) is 0 Å². The normalized spacial score (nSPS) is 33.9. The molecule has 0 radical (unpaired) electrons. The van der Waals surface area contributed by atoms with Crippen LogP contribution in [0.1, 0.15) is 47.0 Å². The van der Waals surface area contributed by atoms with E-state index < -0.39 is 0 Å². The van der Waals surface area contributed by atoms with Crippen LogP contribution in [0.2, 0.25) is 0 Å². The van der Waals surface area contributed by atoms with Gasteiger partial charge in [0.05, 0.1) is 6.10 Å². The van der Waals surface area contributed by atoms with Gasteiger partial charge in [0.15, 0.2) is 0 Å². The minimum Gasteiger partial charge on any atom is -0.393 e. The van der Waals surface area contributed by atoms with E-state index in [-0.39, 0.29) is 12.1 Å². The standard InChI is InChI=1S/C9H19NO.C2H6/c1-6(2)7-3-8(10)5-9(11)4-7;1-2/h6-9,11H,3-5,10H2,1-2H3;1-2H3. The lowest BCUT2D eigenvalue weighted by molar-refractivity contribution is 0.0754. The third-order valence-corrected chi connectivity index (χ3v) is 2.70. The summed E-state index contributed by atoms with van der Waals surface area (Å²) < 4.78 is 0. The second-order valence-electron chi connectivity index (χ2n) is 4.13. The summed E-state index contributed by atoms with van der Waals surface area (Å²) in [6, 6.07) is 0.228. The first-order chi connectivity index (χ1) is 6.09. The van der Waals surface area contributed by atoms with Crippen LogP contribution in [-0.2, 0) is 0 Å². The molecule has 1 aliphatic rings. The van der Waals surface area contributed by atoms with Crippen LogP contribution in [0, 0.1) is 11.8 Å². The minimum atomic E-state index is -0.147. The molecule has 0 aromatic carbocycles. The molecule has 0 bridgehead atoms. The van der Waals surface area contributed by atoms with E-state index in [1.54, 1.807) is 0 Å². The predicted octanol–water partition coefficient (Wildman–Crippen LogP) is 2.16. The maximum Gasteiger partial charge on any atom is 0.0557 e. The number of rotatable bonds is 1. The molecule has 3 unspecified atom stereocenters. The monoisotopic (exact) mass is 187 g/mol. The van der Waals surface area contributed by atoms with Crippen molar-refractivity contribution in [3.8, 4) is 0 Å². The molecule has 0 spiro atoms. The van der Waals surface area contributed by atoms with Crippen LogP contribution >= 0.6 is 0 Å². The topological polar surface area (TPSA) is 46.2 Å². The molecule has 1 aliphatic carbocycles. The second kappa shape index (κ2) is 6.39. The van der Waals surface area contributed by atoms with E-state index in [0.29, 0.717) is 11.8 Å². The molecule has 2 nitrogen and oxygen atoms in total. The molecular formula is C11H25NO. The number of hydrogen-bond acceptors (Lipinski definition) is 2. The van der Waals surface area contributed by atoms with Gasteiger partial charge < -0.3 is 10.8 Å². The average molecular weight is 187 g/mol. The van der Waals surface area contributed by atoms with Crippen LogP contribution in [0.3, 0.4) is 0 Å². The minimum absolute atomic E-state index is 0.147. The number of aliphatic hydroxyl groups is 1. The third kappa shape index (κ3) is 4.63. The molecule has 1 fully saturated rings. The third-order valence-electron chi connectivity index (χ3n) is 2.70. The summed E-state index contributed by atoms with van der Waals surface area (Å²) in [6.07, 6.45) is 2.69. The van der Waals surface area contributed by atoms with E-state index in [2.05, 4.69) is 13.8 Å². The Morgan fingerprint density at radius 3 is 2.08 bits per heavy atom. The fraction of sp³-hybridized carbons (Fsp3) is 1.00. The summed E-state index contributed by atoms with van der Waals surface area (Å²) >= 11 is 0. The van der Waals surface area contributed by atoms with Crippen molar-refractivity contribution < 1.29 is 5.11 Å². The first-order valence-corrected chi connectivity index (χ1v) is 5.53. The summed E-state index contributed by atoms with van der Waals surface area (Å²) in [6.45, 7) is 8.41. The van der Waals surface area contributed by atoms with Crippen LogP contribution in [0.5, 0.6) is 0 Å². The van der Waals surface area contributed by atoms with Gasteiger partial charge in [-0.25, -0.2) is 0 Å². The van der Waals surface area contributed by atoms with Gasteiger partial charge in [-0.15, -0.1) is 0 Å². The van der Waals surface area contributed by atoms with E-state index in [0.717, 1.165) is 19.3 Å². The molecule has 80 valence electrons. The average Bonchev–Trinajstić information content (AvgIpc) is 2.06. The molecule has 0 heterocycles. The molecule has 1 rings (SSSR count). The lowest BCUT2D eigenvalue weighted by Gasteiger charge is -2.32. The summed E-state index contributed by atoms with van der Waals surface area (Å²) in [5.74, 6) is 1.30. The molecule has 0 saturated heterocycles. The Kier molecular flexibility index (Phi) is 6.35. The van der Waals surface area contributed by atoms with Gasteiger partial charge in [-0.1, -0.05) is 27.7 Å². The molecule has 0 amide bonds. The second-order valence-corrected chi connectivity index (χ2v) is 4.13. The fourth-order valence-corrected chi connectivity index (χ4v) is 1.92. The first kappa shape index (κ1) is 12.9. The van der Waals surface area contributed by atoms with E-state index >= 15 is 0 Å². The number of nitrogens with two attached hydrogens (primary N) is 1. The van der Waals surface area contributed by atoms with E-state index in [4.69, 9.17) is 5.73 Å². The molecule has 1 saturated carbocycles. The molecule has 0 aromatic rings. The van der Waals surface area contributed by atoms with Gasteiger partial charge >= 0.3 is 0 Å².